The summed E-state index contributed by atoms with van der Waals surface area (Å²) in [4.78, 5) is 5.07. The topological polar surface area (TPSA) is 6.48 Å². The Balaban J connectivity index is 0.749. The minimum absolute atomic E-state index is 1.09. The van der Waals surface area contributed by atoms with E-state index in [0.29, 0.717) is 0 Å². The molecule has 102 heavy (non-hydrogen) atoms. The molecule has 0 fully saturated rings. The fraction of sp³-hybridized carbons (Fsp3) is 0. The van der Waals surface area contributed by atoms with Crippen molar-refractivity contribution in [2.45, 2.75) is 0 Å². The first-order valence-corrected chi connectivity index (χ1v) is 36.5. The summed E-state index contributed by atoms with van der Waals surface area (Å²) in [5.74, 6) is 0. The standard InChI is InChI=1S/C98H64N2S2/c1-3-26-65(27-4-1)66-54-56-69(57-55-66)79-37-11-16-45-87(79)99(91-48-24-52-95-97(91)84-42-14-19-50-93(84)101-95)88-46-17-12-38-80(88)73-35-22-33-71(63-73)77-59-60-78(83-41-10-9-40-82(77)83)74-58-61-90(86(64-74)68-28-5-2-6-29-68)100(92-49-25-53-96-98(92)85-43-15-20-51-94(85)102-96)89-47-18-13-39-81(89)72-34-21-32-70(62-72)76-44-23-31-67-30-7-8-36-75(67)76/h1-64H. The minimum atomic E-state index is 1.09. The van der Waals surface area contributed by atoms with E-state index in [1.165, 1.54) is 95.3 Å². The molecule has 0 unspecified atom stereocenters. The molecule has 2 aromatic heterocycles. The third-order valence-electron chi connectivity index (χ3n) is 20.3. The van der Waals surface area contributed by atoms with E-state index in [1.807, 2.05) is 22.7 Å². The molecule has 0 aliphatic heterocycles. The average Bonchev–Trinajstić information content (AvgIpc) is 1.43. The molecule has 478 valence electrons. The molecule has 0 bridgehead atoms. The number of rotatable bonds is 14. The van der Waals surface area contributed by atoms with Gasteiger partial charge in [0.05, 0.1) is 34.1 Å². The molecule has 0 atom stereocenters. The lowest BCUT2D eigenvalue weighted by molar-refractivity contribution is 1.30. The highest BCUT2D eigenvalue weighted by Crippen LogP contribution is 2.53. The molecule has 2 heterocycles. The highest BCUT2D eigenvalue weighted by atomic mass is 32.1. The van der Waals surface area contributed by atoms with E-state index < -0.39 is 0 Å². The van der Waals surface area contributed by atoms with Crippen molar-refractivity contribution in [2.75, 3.05) is 9.80 Å². The molecule has 0 N–H and O–H groups in total. The molecule has 19 rings (SSSR count). The summed E-state index contributed by atoms with van der Waals surface area (Å²) in [6.07, 6.45) is 0. The van der Waals surface area contributed by atoms with Crippen molar-refractivity contribution in [3.8, 4) is 89.0 Å². The van der Waals surface area contributed by atoms with Crippen LogP contribution >= 0.6 is 22.7 Å². The summed E-state index contributed by atoms with van der Waals surface area (Å²) in [5, 5.41) is 9.83. The van der Waals surface area contributed by atoms with E-state index in [1.54, 1.807) is 0 Å². The fourth-order valence-electron chi connectivity index (χ4n) is 15.6. The van der Waals surface area contributed by atoms with Gasteiger partial charge >= 0.3 is 0 Å². The van der Waals surface area contributed by atoms with Crippen LogP contribution in [-0.4, -0.2) is 0 Å². The maximum absolute atomic E-state index is 2.55. The summed E-state index contributed by atoms with van der Waals surface area (Å²) < 4.78 is 5.04. The first kappa shape index (κ1) is 60.5. The molecule has 0 radical (unpaired) electrons. The van der Waals surface area contributed by atoms with Crippen LogP contribution in [0.5, 0.6) is 0 Å². The first-order chi connectivity index (χ1) is 50.6. The largest absolute Gasteiger partial charge is 0.309 e. The molecule has 19 aromatic rings. The predicted molar refractivity (Wildman–Crippen MR) is 440 cm³/mol. The zero-order valence-electron chi connectivity index (χ0n) is 55.7. The van der Waals surface area contributed by atoms with Crippen molar-refractivity contribution in [3.05, 3.63) is 388 Å². The molecule has 0 saturated carbocycles. The third kappa shape index (κ3) is 10.7. The average molecular weight is 1330 g/mol. The molecular formula is C98H64N2S2. The lowest BCUT2D eigenvalue weighted by Gasteiger charge is -2.31. The Morgan fingerprint density at radius 1 is 0.157 bits per heavy atom. The number of anilines is 6. The molecule has 17 aromatic carbocycles. The summed E-state index contributed by atoms with van der Waals surface area (Å²) in [7, 11) is 0. The van der Waals surface area contributed by atoms with Gasteiger partial charge in [-0.2, -0.15) is 0 Å². The molecule has 0 spiro atoms. The smallest absolute Gasteiger partial charge is 0.0555 e. The number of benzene rings is 17. The Morgan fingerprint density at radius 2 is 0.461 bits per heavy atom. The molecular weight excluding hydrogens is 1270 g/mol. The zero-order valence-corrected chi connectivity index (χ0v) is 57.3. The van der Waals surface area contributed by atoms with Crippen LogP contribution in [0.4, 0.5) is 34.1 Å². The second kappa shape index (κ2) is 25.9. The summed E-state index contributed by atoms with van der Waals surface area (Å²) in [5.41, 5.74) is 25.2. The van der Waals surface area contributed by atoms with E-state index in [-0.39, 0.29) is 0 Å². The van der Waals surface area contributed by atoms with Gasteiger partial charge in [0.15, 0.2) is 0 Å². The quantitative estimate of drug-likeness (QED) is 0.107. The van der Waals surface area contributed by atoms with Gasteiger partial charge in [0.25, 0.3) is 0 Å². The normalized spacial score (nSPS) is 11.5. The Morgan fingerprint density at radius 3 is 1.00 bits per heavy atom. The van der Waals surface area contributed by atoms with Gasteiger partial charge in [-0.15, -0.1) is 22.7 Å². The van der Waals surface area contributed by atoms with E-state index >= 15 is 0 Å². The number of para-hydroxylation sites is 3. The fourth-order valence-corrected chi connectivity index (χ4v) is 17.9. The van der Waals surface area contributed by atoms with Gasteiger partial charge in [0, 0.05) is 62.6 Å². The van der Waals surface area contributed by atoms with Gasteiger partial charge in [-0.25, -0.2) is 0 Å². The maximum Gasteiger partial charge on any atom is 0.0555 e. The Kier molecular flexibility index (Phi) is 15.3. The summed E-state index contributed by atoms with van der Waals surface area (Å²) >= 11 is 3.71. The highest BCUT2D eigenvalue weighted by molar-refractivity contribution is 7.26. The molecule has 4 heteroatoms. The van der Waals surface area contributed by atoms with Crippen LogP contribution in [0.1, 0.15) is 0 Å². The number of fused-ring (bicyclic) bond motifs is 8. The number of thiophene rings is 2. The van der Waals surface area contributed by atoms with Crippen LogP contribution < -0.4 is 9.80 Å². The first-order valence-electron chi connectivity index (χ1n) is 34.9. The lowest BCUT2D eigenvalue weighted by atomic mass is 9.89. The van der Waals surface area contributed by atoms with Crippen LogP contribution in [0, 0.1) is 0 Å². The van der Waals surface area contributed by atoms with E-state index in [9.17, 15) is 0 Å². The van der Waals surface area contributed by atoms with Crippen molar-refractivity contribution < 1.29 is 0 Å². The second-order valence-electron chi connectivity index (χ2n) is 26.2. The molecule has 0 amide bonds. The van der Waals surface area contributed by atoms with Gasteiger partial charge in [-0.3, -0.25) is 0 Å². The van der Waals surface area contributed by atoms with Crippen molar-refractivity contribution in [1.29, 1.82) is 0 Å². The van der Waals surface area contributed by atoms with Crippen molar-refractivity contribution in [1.82, 2.24) is 0 Å². The lowest BCUT2D eigenvalue weighted by Crippen LogP contribution is -2.13. The Labute approximate surface area is 601 Å². The number of nitrogens with zero attached hydrogens (tertiary/aromatic N) is 2. The van der Waals surface area contributed by atoms with Crippen LogP contribution in [0.2, 0.25) is 0 Å². The highest BCUT2D eigenvalue weighted by Gasteiger charge is 2.27. The van der Waals surface area contributed by atoms with Gasteiger partial charge in [0.2, 0.25) is 0 Å². The zero-order chi connectivity index (χ0) is 67.5. The van der Waals surface area contributed by atoms with Crippen molar-refractivity contribution in [3.63, 3.8) is 0 Å². The summed E-state index contributed by atoms with van der Waals surface area (Å²) in [6, 6.07) is 143. The molecule has 0 aliphatic rings. The number of hydrogen-bond donors (Lipinski definition) is 0. The predicted octanol–water partition coefficient (Wildman–Crippen LogP) is 29.0. The van der Waals surface area contributed by atoms with Crippen LogP contribution in [0.3, 0.4) is 0 Å². The van der Waals surface area contributed by atoms with E-state index in [0.717, 1.165) is 89.8 Å². The Bertz CT molecular complexity index is 6400. The van der Waals surface area contributed by atoms with Gasteiger partial charge < -0.3 is 9.80 Å². The SMILES string of the molecule is c1ccc(-c2ccc(-c3ccccc3N(c3ccccc3-c3cccc(-c4ccc(-c5ccc(N(c6ccccc6-c6cccc(-c7cccc8ccccc78)c6)c6cccc7sc8ccccc8c67)c(-c6ccccc6)c5)c5ccccc45)c3)c3cccc4sc5ccccc5c34)cc2)cc1. The van der Waals surface area contributed by atoms with E-state index in [2.05, 4.69) is 398 Å². The van der Waals surface area contributed by atoms with Gasteiger partial charge in [-0.05, 0) is 167 Å². The van der Waals surface area contributed by atoms with Crippen LogP contribution in [0.25, 0.3) is 151 Å². The van der Waals surface area contributed by atoms with Crippen molar-refractivity contribution in [2.24, 2.45) is 0 Å². The summed E-state index contributed by atoms with van der Waals surface area (Å²) in [6.45, 7) is 0. The monoisotopic (exact) mass is 1330 g/mol. The Hall–Kier alpha value is -12.7. The van der Waals surface area contributed by atoms with E-state index in [4.69, 9.17) is 0 Å². The van der Waals surface area contributed by atoms with Crippen molar-refractivity contribution >= 4 is 119 Å². The second-order valence-corrected chi connectivity index (χ2v) is 28.3. The number of hydrogen-bond acceptors (Lipinski definition) is 4. The molecule has 2 nitrogen and oxygen atoms in total. The van der Waals surface area contributed by atoms with Gasteiger partial charge in [0.1, 0.15) is 0 Å². The van der Waals surface area contributed by atoms with Gasteiger partial charge in [-0.1, -0.05) is 309 Å². The third-order valence-corrected chi connectivity index (χ3v) is 22.6. The maximum atomic E-state index is 2.55. The van der Waals surface area contributed by atoms with Crippen LogP contribution in [0.15, 0.2) is 388 Å². The van der Waals surface area contributed by atoms with Crippen LogP contribution in [-0.2, 0) is 0 Å². The molecule has 0 aliphatic carbocycles. The molecule has 0 saturated heterocycles. The minimum Gasteiger partial charge on any atom is -0.309 e.